The number of rotatable bonds is 5. The Morgan fingerprint density at radius 3 is 2.93 bits per heavy atom. The van der Waals surface area contributed by atoms with Gasteiger partial charge in [0.1, 0.15) is 11.4 Å². The molecule has 1 aromatic carbocycles. The minimum atomic E-state index is 0.156. The number of hydrogen-bond acceptors (Lipinski definition) is 3. The Morgan fingerprint density at radius 2 is 2.15 bits per heavy atom. The zero-order valence-electron chi connectivity index (χ0n) is 16.0. The van der Waals surface area contributed by atoms with Crippen LogP contribution in [0.1, 0.15) is 41.0 Å². The normalized spacial score (nSPS) is 17.4. The van der Waals surface area contributed by atoms with E-state index in [0.717, 1.165) is 54.6 Å². The number of aryl methyl sites for hydroxylation is 2. The van der Waals surface area contributed by atoms with Gasteiger partial charge in [-0.1, -0.05) is 6.07 Å². The van der Waals surface area contributed by atoms with Crippen LogP contribution in [0.2, 0.25) is 0 Å². The van der Waals surface area contributed by atoms with E-state index in [1.165, 1.54) is 11.3 Å². The van der Waals surface area contributed by atoms with Gasteiger partial charge in [-0.2, -0.15) is 0 Å². The third-order valence-electron chi connectivity index (χ3n) is 5.66. The molecule has 1 atom stereocenters. The number of likely N-dealkylation sites (tertiary alicyclic amines) is 1. The smallest absolute Gasteiger partial charge is 0.270 e. The molecule has 4 rings (SSSR count). The first kappa shape index (κ1) is 18.1. The summed E-state index contributed by atoms with van der Waals surface area (Å²) in [4.78, 5) is 16.9. The van der Waals surface area contributed by atoms with Gasteiger partial charge in [-0.05, 0) is 67.8 Å². The van der Waals surface area contributed by atoms with Crippen molar-refractivity contribution in [3.8, 4) is 5.75 Å². The Hall–Kier alpha value is -2.27. The molecule has 1 aliphatic heterocycles. The molecule has 1 fully saturated rings. The van der Waals surface area contributed by atoms with Crippen molar-refractivity contribution in [2.24, 2.45) is 7.05 Å². The van der Waals surface area contributed by atoms with E-state index in [4.69, 9.17) is 4.74 Å². The maximum Gasteiger partial charge on any atom is 0.270 e. The van der Waals surface area contributed by atoms with Crippen LogP contribution in [0.15, 0.2) is 41.8 Å². The average Bonchev–Trinajstić information content (AvgIpc) is 3.34. The minimum absolute atomic E-state index is 0.156. The molecule has 1 aliphatic rings. The van der Waals surface area contributed by atoms with Crippen LogP contribution in [0.4, 0.5) is 0 Å². The monoisotopic (exact) mass is 382 g/mol. The molecule has 27 heavy (non-hydrogen) atoms. The van der Waals surface area contributed by atoms with Crippen LogP contribution in [0.5, 0.6) is 5.75 Å². The Bertz CT molecular complexity index is 929. The lowest BCUT2D eigenvalue weighted by Crippen LogP contribution is -2.44. The van der Waals surface area contributed by atoms with Crippen molar-refractivity contribution in [2.45, 2.75) is 38.1 Å². The molecule has 2 aromatic heterocycles. The fraction of sp³-hybridized carbons (Fsp3) is 0.409. The lowest BCUT2D eigenvalue weighted by Gasteiger charge is -2.36. The van der Waals surface area contributed by atoms with Gasteiger partial charge in [-0.15, -0.1) is 11.3 Å². The minimum Gasteiger partial charge on any atom is -0.497 e. The molecule has 3 aromatic rings. The summed E-state index contributed by atoms with van der Waals surface area (Å²) >= 11 is 1.81. The highest BCUT2D eigenvalue weighted by Gasteiger charge is 2.29. The second-order valence-electron chi connectivity index (χ2n) is 7.28. The summed E-state index contributed by atoms with van der Waals surface area (Å²) in [6.07, 6.45) is 5.52. The molecule has 0 spiro atoms. The van der Waals surface area contributed by atoms with Crippen LogP contribution in [0.3, 0.4) is 0 Å². The second kappa shape index (κ2) is 7.77. The van der Waals surface area contributed by atoms with Crippen molar-refractivity contribution in [1.29, 1.82) is 0 Å². The number of hydrogen-bond donors (Lipinski definition) is 0. The van der Waals surface area contributed by atoms with Crippen LogP contribution in [-0.4, -0.2) is 35.1 Å². The van der Waals surface area contributed by atoms with Gasteiger partial charge in [0.2, 0.25) is 0 Å². The number of piperidine rings is 1. The number of methoxy groups -OCH3 is 1. The summed E-state index contributed by atoms with van der Waals surface area (Å²) in [5.74, 6) is 0.974. The molecular weight excluding hydrogens is 356 g/mol. The van der Waals surface area contributed by atoms with Crippen LogP contribution >= 0.6 is 11.3 Å². The van der Waals surface area contributed by atoms with E-state index in [1.54, 1.807) is 18.4 Å². The predicted octanol–water partition coefficient (Wildman–Crippen LogP) is 4.88. The van der Waals surface area contributed by atoms with Crippen molar-refractivity contribution in [3.63, 3.8) is 0 Å². The molecule has 1 amide bonds. The van der Waals surface area contributed by atoms with E-state index in [2.05, 4.69) is 22.4 Å². The third kappa shape index (κ3) is 3.61. The van der Waals surface area contributed by atoms with Gasteiger partial charge in [0.15, 0.2) is 0 Å². The van der Waals surface area contributed by atoms with Crippen molar-refractivity contribution >= 4 is 28.1 Å². The van der Waals surface area contributed by atoms with Gasteiger partial charge < -0.3 is 14.2 Å². The molecular formula is C22H26N2O2S. The Labute approximate surface area is 164 Å². The average molecular weight is 383 g/mol. The van der Waals surface area contributed by atoms with E-state index in [9.17, 15) is 4.79 Å². The van der Waals surface area contributed by atoms with Crippen LogP contribution in [0.25, 0.3) is 10.9 Å². The number of carbonyl (C=O) groups is 1. The lowest BCUT2D eigenvalue weighted by atomic mass is 9.97. The highest BCUT2D eigenvalue weighted by molar-refractivity contribution is 7.09. The van der Waals surface area contributed by atoms with Gasteiger partial charge in [0.25, 0.3) is 5.91 Å². The maximum atomic E-state index is 13.4. The van der Waals surface area contributed by atoms with E-state index < -0.39 is 0 Å². The summed E-state index contributed by atoms with van der Waals surface area (Å²) in [5.41, 5.74) is 1.83. The number of nitrogens with zero attached hydrogens (tertiary/aromatic N) is 2. The van der Waals surface area contributed by atoms with Gasteiger partial charge in [0.05, 0.1) is 7.11 Å². The zero-order valence-corrected chi connectivity index (χ0v) is 16.8. The summed E-state index contributed by atoms with van der Waals surface area (Å²) in [7, 11) is 3.65. The highest BCUT2D eigenvalue weighted by Crippen LogP contribution is 2.28. The molecule has 0 bridgehead atoms. The maximum absolute atomic E-state index is 13.4. The molecule has 3 heterocycles. The van der Waals surface area contributed by atoms with E-state index >= 15 is 0 Å². The molecule has 0 aliphatic carbocycles. The number of ether oxygens (including phenoxy) is 1. The summed E-state index contributed by atoms with van der Waals surface area (Å²) < 4.78 is 7.34. The number of aromatic nitrogens is 1. The molecule has 5 heteroatoms. The first-order valence-corrected chi connectivity index (χ1v) is 10.5. The highest BCUT2D eigenvalue weighted by atomic mass is 32.1. The van der Waals surface area contributed by atoms with E-state index in [0.29, 0.717) is 6.04 Å². The molecule has 0 saturated carbocycles. The number of amides is 1. The van der Waals surface area contributed by atoms with Crippen LogP contribution in [0, 0.1) is 0 Å². The topological polar surface area (TPSA) is 34.5 Å². The Kier molecular flexibility index (Phi) is 5.21. The fourth-order valence-corrected chi connectivity index (χ4v) is 4.86. The Balaban J connectivity index is 1.57. The van der Waals surface area contributed by atoms with Crippen molar-refractivity contribution in [2.75, 3.05) is 13.7 Å². The predicted molar refractivity (Wildman–Crippen MR) is 111 cm³/mol. The summed E-state index contributed by atoms with van der Waals surface area (Å²) in [5, 5.41) is 3.18. The van der Waals surface area contributed by atoms with Gasteiger partial charge >= 0.3 is 0 Å². The van der Waals surface area contributed by atoms with Gasteiger partial charge in [-0.25, -0.2) is 0 Å². The summed E-state index contributed by atoms with van der Waals surface area (Å²) in [6, 6.07) is 12.6. The molecule has 1 saturated heterocycles. The third-order valence-corrected chi connectivity index (χ3v) is 6.60. The zero-order chi connectivity index (χ0) is 18.8. The van der Waals surface area contributed by atoms with Gasteiger partial charge in [-0.3, -0.25) is 4.79 Å². The molecule has 142 valence electrons. The first-order valence-electron chi connectivity index (χ1n) is 9.64. The van der Waals surface area contributed by atoms with Crippen molar-refractivity contribution in [3.05, 3.63) is 52.3 Å². The molecule has 1 unspecified atom stereocenters. The molecule has 4 nitrogen and oxygen atoms in total. The second-order valence-corrected chi connectivity index (χ2v) is 8.31. The van der Waals surface area contributed by atoms with Crippen molar-refractivity contribution < 1.29 is 9.53 Å². The summed E-state index contributed by atoms with van der Waals surface area (Å²) in [6.45, 7) is 0.860. The number of fused-ring (bicyclic) bond motifs is 1. The van der Waals surface area contributed by atoms with Crippen molar-refractivity contribution in [1.82, 2.24) is 9.47 Å². The molecule has 0 radical (unpaired) electrons. The molecule has 0 N–H and O–H groups in total. The van der Waals surface area contributed by atoms with E-state index in [1.807, 2.05) is 35.9 Å². The number of thiophene rings is 1. The standard InChI is InChI=1S/C22H26N2O2S/c1-23-20-11-9-18(26-2)14-16(20)15-21(23)22(25)24-12-4-3-6-17(24)8-10-19-7-5-13-27-19/h5,7,9,11,13-15,17H,3-4,6,8,10,12H2,1-2H3. The largest absolute Gasteiger partial charge is 0.497 e. The van der Waals surface area contributed by atoms with Crippen LogP contribution < -0.4 is 4.74 Å². The number of carbonyl (C=O) groups excluding carboxylic acids is 1. The number of benzene rings is 1. The van der Waals surface area contributed by atoms with Gasteiger partial charge in [0, 0.05) is 35.4 Å². The van der Waals surface area contributed by atoms with E-state index in [-0.39, 0.29) is 5.91 Å². The lowest BCUT2D eigenvalue weighted by molar-refractivity contribution is 0.0593. The Morgan fingerprint density at radius 1 is 1.26 bits per heavy atom. The van der Waals surface area contributed by atoms with Crippen LogP contribution in [-0.2, 0) is 13.5 Å². The SMILES string of the molecule is COc1ccc2c(c1)cc(C(=O)N1CCCCC1CCc1cccs1)n2C. The first-order chi connectivity index (χ1) is 13.2. The quantitative estimate of drug-likeness (QED) is 0.630. The fourth-order valence-electron chi connectivity index (χ4n) is 4.14.